The maximum Gasteiger partial charge on any atom is 0.220 e. The van der Waals surface area contributed by atoms with Crippen LogP contribution in [0.4, 0.5) is 0 Å². The van der Waals surface area contributed by atoms with Gasteiger partial charge >= 0.3 is 0 Å². The van der Waals surface area contributed by atoms with Crippen LogP contribution in [0.5, 0.6) is 0 Å². The van der Waals surface area contributed by atoms with Gasteiger partial charge in [0.2, 0.25) is 5.91 Å². The van der Waals surface area contributed by atoms with E-state index in [0.717, 1.165) is 19.5 Å². The van der Waals surface area contributed by atoms with Crippen LogP contribution in [0.1, 0.15) is 19.3 Å². The van der Waals surface area contributed by atoms with Crippen LogP contribution in [-0.4, -0.2) is 25.0 Å². The highest BCUT2D eigenvalue weighted by molar-refractivity contribution is 5.76. The van der Waals surface area contributed by atoms with Crippen LogP contribution in [0.3, 0.4) is 0 Å². The minimum absolute atomic E-state index is 0.249. The minimum Gasteiger partial charge on any atom is -0.351 e. The molecule has 2 rings (SSSR count). The van der Waals surface area contributed by atoms with Gasteiger partial charge in [0.25, 0.3) is 0 Å². The first-order chi connectivity index (χ1) is 5.34. The summed E-state index contributed by atoms with van der Waals surface area (Å²) in [6, 6.07) is 0.418. The Morgan fingerprint density at radius 2 is 2.18 bits per heavy atom. The maximum absolute atomic E-state index is 11.2. The van der Waals surface area contributed by atoms with Crippen LogP contribution >= 0.6 is 0 Å². The van der Waals surface area contributed by atoms with Crippen molar-refractivity contribution in [1.82, 2.24) is 10.6 Å². The van der Waals surface area contributed by atoms with Crippen LogP contribution in [-0.2, 0) is 4.79 Å². The highest BCUT2D eigenvalue weighted by atomic mass is 16.1. The van der Waals surface area contributed by atoms with E-state index in [-0.39, 0.29) is 5.91 Å². The molecule has 2 aliphatic rings. The number of rotatable bonds is 3. The Labute approximate surface area is 66.5 Å². The summed E-state index contributed by atoms with van der Waals surface area (Å²) < 4.78 is 0. The van der Waals surface area contributed by atoms with Crippen molar-refractivity contribution < 1.29 is 4.79 Å². The minimum atomic E-state index is 0.249. The summed E-state index contributed by atoms with van der Waals surface area (Å²) >= 11 is 0. The molecule has 0 unspecified atom stereocenters. The molecule has 0 radical (unpaired) electrons. The molecule has 1 heterocycles. The van der Waals surface area contributed by atoms with Gasteiger partial charge in [-0.05, 0) is 18.8 Å². The van der Waals surface area contributed by atoms with Gasteiger partial charge in [0.05, 0.1) is 6.04 Å². The van der Waals surface area contributed by atoms with Crippen LogP contribution in [0.15, 0.2) is 0 Å². The number of carbonyl (C=O) groups is 1. The lowest BCUT2D eigenvalue weighted by atomic mass is 10.1. The Bertz CT molecular complexity index is 161. The lowest BCUT2D eigenvalue weighted by Gasteiger charge is -2.27. The van der Waals surface area contributed by atoms with Gasteiger partial charge in [-0.2, -0.15) is 0 Å². The van der Waals surface area contributed by atoms with Gasteiger partial charge in [-0.1, -0.05) is 0 Å². The molecule has 2 fully saturated rings. The Morgan fingerprint density at radius 1 is 1.45 bits per heavy atom. The predicted octanol–water partition coefficient (Wildman–Crippen LogP) is -0.126. The summed E-state index contributed by atoms with van der Waals surface area (Å²) in [5.74, 6) is 0.960. The molecule has 1 aliphatic carbocycles. The molecule has 1 amide bonds. The smallest absolute Gasteiger partial charge is 0.220 e. The fraction of sp³-hybridized carbons (Fsp3) is 0.875. The third kappa shape index (κ3) is 1.93. The second-order valence-corrected chi connectivity index (χ2v) is 3.57. The number of carbonyl (C=O) groups excluding carboxylic acids is 1. The summed E-state index contributed by atoms with van der Waals surface area (Å²) in [5.41, 5.74) is 0. The van der Waals surface area contributed by atoms with Gasteiger partial charge in [-0.3, -0.25) is 4.79 Å². The highest BCUT2D eigenvalue weighted by Gasteiger charge is 2.26. The van der Waals surface area contributed by atoms with E-state index < -0.39 is 0 Å². The Morgan fingerprint density at radius 3 is 2.64 bits per heavy atom. The van der Waals surface area contributed by atoms with Crippen molar-refractivity contribution in [3.05, 3.63) is 0 Å². The average Bonchev–Trinajstić information content (AvgIpc) is 2.62. The third-order valence-electron chi connectivity index (χ3n) is 2.32. The van der Waals surface area contributed by atoms with Crippen molar-refractivity contribution in [2.75, 3.05) is 13.1 Å². The number of nitrogens with one attached hydrogen (secondary N) is 2. The van der Waals surface area contributed by atoms with E-state index in [4.69, 9.17) is 0 Å². The molecule has 0 aromatic rings. The number of amides is 1. The quantitative estimate of drug-likeness (QED) is 0.594. The van der Waals surface area contributed by atoms with Gasteiger partial charge in [-0.25, -0.2) is 0 Å². The third-order valence-corrected chi connectivity index (χ3v) is 2.32. The predicted molar refractivity (Wildman–Crippen MR) is 42.1 cm³/mol. The largest absolute Gasteiger partial charge is 0.351 e. The van der Waals surface area contributed by atoms with Crippen molar-refractivity contribution in [2.24, 2.45) is 5.92 Å². The van der Waals surface area contributed by atoms with Crippen molar-refractivity contribution in [3.63, 3.8) is 0 Å². The zero-order chi connectivity index (χ0) is 7.68. The Balaban J connectivity index is 1.63. The molecule has 62 valence electrons. The standard InChI is InChI=1S/C8H14N2O/c11-8(3-6-1-2-6)10-7-4-9-5-7/h6-7,9H,1-5H2,(H,10,11). The summed E-state index contributed by atoms with van der Waals surface area (Å²) in [6.45, 7) is 1.91. The van der Waals surface area contributed by atoms with Crippen molar-refractivity contribution in [2.45, 2.75) is 25.3 Å². The monoisotopic (exact) mass is 154 g/mol. The van der Waals surface area contributed by atoms with E-state index in [1.54, 1.807) is 0 Å². The normalized spacial score (nSPS) is 24.4. The second kappa shape index (κ2) is 2.81. The van der Waals surface area contributed by atoms with E-state index in [2.05, 4.69) is 10.6 Å². The average molecular weight is 154 g/mol. The highest BCUT2D eigenvalue weighted by Crippen LogP contribution is 2.32. The fourth-order valence-corrected chi connectivity index (χ4v) is 1.26. The molecule has 0 aromatic carbocycles. The van der Waals surface area contributed by atoms with Gasteiger partial charge < -0.3 is 10.6 Å². The van der Waals surface area contributed by atoms with Gasteiger partial charge in [0, 0.05) is 19.5 Å². The van der Waals surface area contributed by atoms with Crippen LogP contribution < -0.4 is 10.6 Å². The SMILES string of the molecule is O=C(CC1CC1)NC1CNC1. The lowest BCUT2D eigenvalue weighted by molar-refractivity contribution is -0.122. The van der Waals surface area contributed by atoms with E-state index in [1.165, 1.54) is 12.8 Å². The molecule has 0 atom stereocenters. The van der Waals surface area contributed by atoms with E-state index in [1.807, 2.05) is 0 Å². The van der Waals surface area contributed by atoms with Crippen LogP contribution in [0, 0.1) is 5.92 Å². The first kappa shape index (κ1) is 7.10. The molecule has 1 saturated heterocycles. The number of hydrogen-bond acceptors (Lipinski definition) is 2. The zero-order valence-corrected chi connectivity index (χ0v) is 6.60. The molecule has 3 nitrogen and oxygen atoms in total. The fourth-order valence-electron chi connectivity index (χ4n) is 1.26. The van der Waals surface area contributed by atoms with Crippen molar-refractivity contribution in [1.29, 1.82) is 0 Å². The van der Waals surface area contributed by atoms with Crippen LogP contribution in [0.25, 0.3) is 0 Å². The van der Waals surface area contributed by atoms with Gasteiger partial charge in [0.15, 0.2) is 0 Å². The lowest BCUT2D eigenvalue weighted by Crippen LogP contribution is -2.56. The van der Waals surface area contributed by atoms with Crippen molar-refractivity contribution >= 4 is 5.91 Å². The molecule has 1 saturated carbocycles. The topological polar surface area (TPSA) is 41.1 Å². The molecule has 0 aromatic heterocycles. The molecule has 3 heteroatoms. The summed E-state index contributed by atoms with van der Waals surface area (Å²) in [5, 5.41) is 6.11. The van der Waals surface area contributed by atoms with Gasteiger partial charge in [-0.15, -0.1) is 0 Å². The Hall–Kier alpha value is -0.570. The van der Waals surface area contributed by atoms with E-state index in [9.17, 15) is 4.79 Å². The van der Waals surface area contributed by atoms with Crippen molar-refractivity contribution in [3.8, 4) is 0 Å². The van der Waals surface area contributed by atoms with Gasteiger partial charge in [0.1, 0.15) is 0 Å². The molecule has 0 spiro atoms. The summed E-state index contributed by atoms with van der Waals surface area (Å²) in [6.07, 6.45) is 3.28. The second-order valence-electron chi connectivity index (χ2n) is 3.57. The molecule has 2 N–H and O–H groups in total. The van der Waals surface area contributed by atoms with Crippen LogP contribution in [0.2, 0.25) is 0 Å². The first-order valence-electron chi connectivity index (χ1n) is 4.34. The summed E-state index contributed by atoms with van der Waals surface area (Å²) in [7, 11) is 0. The summed E-state index contributed by atoms with van der Waals surface area (Å²) in [4.78, 5) is 11.2. The number of hydrogen-bond donors (Lipinski definition) is 2. The van der Waals surface area contributed by atoms with E-state index >= 15 is 0 Å². The first-order valence-corrected chi connectivity index (χ1v) is 4.34. The zero-order valence-electron chi connectivity index (χ0n) is 6.60. The molecule has 11 heavy (non-hydrogen) atoms. The van der Waals surface area contributed by atoms with E-state index in [0.29, 0.717) is 12.0 Å². The molecule has 1 aliphatic heterocycles. The Kier molecular flexibility index (Phi) is 1.82. The molecular formula is C8H14N2O. The molecular weight excluding hydrogens is 140 g/mol. The maximum atomic E-state index is 11.2. The molecule has 0 bridgehead atoms.